The molecule has 0 bridgehead atoms. The summed E-state index contributed by atoms with van der Waals surface area (Å²) in [6.07, 6.45) is 1.63. The lowest BCUT2D eigenvalue weighted by molar-refractivity contribution is -0.383. The van der Waals surface area contributed by atoms with Crippen molar-refractivity contribution in [3.8, 4) is 11.1 Å². The van der Waals surface area contributed by atoms with Crippen LogP contribution in [0.4, 0.5) is 25.4 Å². The number of halogens is 1. The van der Waals surface area contributed by atoms with Gasteiger partial charge in [0, 0.05) is 44.1 Å². The number of amides is 3. The normalized spacial score (nSPS) is 21.6. The highest BCUT2D eigenvalue weighted by Gasteiger charge is 2.44. The molecule has 1 saturated carbocycles. The van der Waals surface area contributed by atoms with Gasteiger partial charge < -0.3 is 19.9 Å². The van der Waals surface area contributed by atoms with Crippen LogP contribution in [0.1, 0.15) is 12.8 Å². The maximum Gasteiger partial charge on any atom is 0.410 e. The van der Waals surface area contributed by atoms with Gasteiger partial charge in [-0.1, -0.05) is 12.1 Å². The van der Waals surface area contributed by atoms with Crippen molar-refractivity contribution in [3.05, 3.63) is 58.4 Å². The Morgan fingerprint density at radius 2 is 1.58 bits per heavy atom. The average molecular weight is 454 g/mol. The van der Waals surface area contributed by atoms with E-state index in [0.717, 1.165) is 12.8 Å². The zero-order valence-corrected chi connectivity index (χ0v) is 17.8. The topological polar surface area (TPSA) is 105 Å². The molecule has 3 aliphatic rings. The first-order valence-corrected chi connectivity index (χ1v) is 10.9. The van der Waals surface area contributed by atoms with Gasteiger partial charge in [-0.3, -0.25) is 10.1 Å². The zero-order valence-electron chi connectivity index (χ0n) is 17.8. The van der Waals surface area contributed by atoms with Crippen LogP contribution < -0.4 is 5.32 Å². The van der Waals surface area contributed by atoms with Crippen molar-refractivity contribution < 1.29 is 23.6 Å². The van der Waals surface area contributed by atoms with Gasteiger partial charge in [0.15, 0.2) is 0 Å². The second kappa shape index (κ2) is 8.34. The monoisotopic (exact) mass is 454 g/mol. The van der Waals surface area contributed by atoms with Gasteiger partial charge in [-0.2, -0.15) is 0 Å². The summed E-state index contributed by atoms with van der Waals surface area (Å²) in [5.74, 6) is -0.0702. The van der Waals surface area contributed by atoms with Gasteiger partial charge in [-0.15, -0.1) is 0 Å². The Hall–Kier alpha value is -3.69. The van der Waals surface area contributed by atoms with Crippen LogP contribution in [0.2, 0.25) is 0 Å². The largest absolute Gasteiger partial charge is 0.446 e. The molecule has 2 aromatic carbocycles. The molecule has 5 rings (SSSR count). The molecule has 2 heterocycles. The minimum Gasteiger partial charge on any atom is -0.446 e. The second-order valence-electron chi connectivity index (χ2n) is 8.84. The summed E-state index contributed by atoms with van der Waals surface area (Å²) in [6, 6.07) is 9.76. The van der Waals surface area contributed by atoms with Crippen LogP contribution in [0.5, 0.6) is 0 Å². The third-order valence-electron chi connectivity index (χ3n) is 6.44. The quantitative estimate of drug-likeness (QED) is 0.553. The Labute approximate surface area is 189 Å². The highest BCUT2D eigenvalue weighted by Crippen LogP contribution is 2.35. The Morgan fingerprint density at radius 1 is 0.970 bits per heavy atom. The Bertz CT molecular complexity index is 1090. The fourth-order valence-corrected chi connectivity index (χ4v) is 4.52. The van der Waals surface area contributed by atoms with E-state index in [0.29, 0.717) is 37.3 Å². The maximum atomic E-state index is 13.2. The van der Waals surface area contributed by atoms with Crippen molar-refractivity contribution in [2.75, 3.05) is 31.5 Å². The molecule has 172 valence electrons. The number of ether oxygens (including phenoxy) is 1. The van der Waals surface area contributed by atoms with Crippen molar-refractivity contribution in [3.63, 3.8) is 0 Å². The molecule has 2 atom stereocenters. The van der Waals surface area contributed by atoms with Gasteiger partial charge in [0.25, 0.3) is 5.69 Å². The molecule has 9 nitrogen and oxygen atoms in total. The van der Waals surface area contributed by atoms with Crippen molar-refractivity contribution >= 4 is 23.5 Å². The first-order valence-electron chi connectivity index (χ1n) is 10.9. The number of hydrogen-bond acceptors (Lipinski definition) is 5. The first kappa shape index (κ1) is 21.2. The number of hydrogen-bond donors (Lipinski definition) is 1. The first-order chi connectivity index (χ1) is 15.9. The van der Waals surface area contributed by atoms with Gasteiger partial charge in [-0.05, 0) is 48.2 Å². The van der Waals surface area contributed by atoms with Gasteiger partial charge in [0.1, 0.15) is 17.6 Å². The summed E-state index contributed by atoms with van der Waals surface area (Å²) in [5.41, 5.74) is 1.16. The van der Waals surface area contributed by atoms with Crippen molar-refractivity contribution in [2.45, 2.75) is 18.9 Å². The van der Waals surface area contributed by atoms with Crippen molar-refractivity contribution in [2.24, 2.45) is 11.8 Å². The highest BCUT2D eigenvalue weighted by molar-refractivity contribution is 5.93. The van der Waals surface area contributed by atoms with Crippen LogP contribution in [0.3, 0.4) is 0 Å². The van der Waals surface area contributed by atoms with E-state index in [1.807, 2.05) is 0 Å². The fourth-order valence-electron chi connectivity index (χ4n) is 4.52. The molecule has 2 unspecified atom stereocenters. The lowest BCUT2D eigenvalue weighted by atomic mass is 10.0. The molecule has 33 heavy (non-hydrogen) atoms. The van der Waals surface area contributed by atoms with Crippen LogP contribution in [0.25, 0.3) is 11.1 Å². The number of anilines is 1. The molecule has 1 N–H and O–H groups in total. The third-order valence-corrected chi connectivity index (χ3v) is 6.44. The van der Waals surface area contributed by atoms with Crippen LogP contribution in [-0.4, -0.2) is 59.1 Å². The van der Waals surface area contributed by atoms with E-state index in [2.05, 4.69) is 5.32 Å². The Balaban J connectivity index is 1.26. The molecule has 3 amide bonds. The average Bonchev–Trinajstić information content (AvgIpc) is 3.36. The Morgan fingerprint density at radius 3 is 2.18 bits per heavy atom. The van der Waals surface area contributed by atoms with Crippen LogP contribution >= 0.6 is 0 Å². The van der Waals surface area contributed by atoms with E-state index in [-0.39, 0.29) is 41.2 Å². The molecule has 2 aromatic rings. The molecule has 10 heteroatoms. The van der Waals surface area contributed by atoms with Gasteiger partial charge in [-0.25, -0.2) is 14.0 Å². The predicted molar refractivity (Wildman–Crippen MR) is 117 cm³/mol. The number of benzene rings is 2. The number of rotatable bonds is 4. The second-order valence-corrected chi connectivity index (χ2v) is 8.84. The molecule has 0 spiro atoms. The minimum atomic E-state index is -0.549. The van der Waals surface area contributed by atoms with Gasteiger partial charge in [0.2, 0.25) is 0 Å². The SMILES string of the molecule is O=C(Nc1cc(-c2ccc(F)cc2)ccc1[N+](=O)[O-])N1CC2CN(C(=O)OC3CC3)CC2C1. The van der Waals surface area contributed by atoms with E-state index in [1.165, 1.54) is 24.3 Å². The predicted octanol–water partition coefficient (Wildman–Crippen LogP) is 4.10. The van der Waals surface area contributed by atoms with Crippen LogP contribution in [0, 0.1) is 27.8 Å². The summed E-state index contributed by atoms with van der Waals surface area (Å²) < 4.78 is 18.6. The molecular weight excluding hydrogens is 431 g/mol. The number of urea groups is 1. The van der Waals surface area contributed by atoms with E-state index in [1.54, 1.807) is 28.0 Å². The van der Waals surface area contributed by atoms with Crippen molar-refractivity contribution in [1.29, 1.82) is 0 Å². The summed E-state index contributed by atoms with van der Waals surface area (Å²) in [5, 5.41) is 14.2. The summed E-state index contributed by atoms with van der Waals surface area (Å²) in [6.45, 7) is 2.02. The van der Waals surface area contributed by atoms with Crippen molar-refractivity contribution in [1.82, 2.24) is 9.80 Å². The molecule has 1 aliphatic carbocycles. The standard InChI is InChI=1S/C23H23FN4O5/c24-18-4-1-14(2-5-18)15-3-8-21(28(31)32)20(9-15)25-22(29)26-10-16-12-27(13-17(16)11-26)23(30)33-19-6-7-19/h1-5,8-9,16-17,19H,6-7,10-13H2,(H,25,29). The zero-order chi connectivity index (χ0) is 23.1. The van der Waals surface area contributed by atoms with Crippen LogP contribution in [-0.2, 0) is 4.74 Å². The molecule has 0 radical (unpaired) electrons. The Kier molecular flexibility index (Phi) is 5.35. The molecule has 0 aromatic heterocycles. The van der Waals surface area contributed by atoms with E-state index in [4.69, 9.17) is 4.74 Å². The number of fused-ring (bicyclic) bond motifs is 1. The molecule has 3 fully saturated rings. The molecular formula is C23H23FN4O5. The lowest BCUT2D eigenvalue weighted by Gasteiger charge is -2.22. The maximum absolute atomic E-state index is 13.2. The van der Waals surface area contributed by atoms with Gasteiger partial charge in [0.05, 0.1) is 4.92 Å². The number of nitro benzene ring substituents is 1. The number of carbonyl (C=O) groups excluding carboxylic acids is 2. The van der Waals surface area contributed by atoms with E-state index >= 15 is 0 Å². The lowest BCUT2D eigenvalue weighted by Crippen LogP contribution is -2.38. The summed E-state index contributed by atoms with van der Waals surface area (Å²) >= 11 is 0. The number of nitrogens with one attached hydrogen (secondary N) is 1. The fraction of sp³-hybridized carbons (Fsp3) is 0.391. The number of nitrogens with zero attached hydrogens (tertiary/aromatic N) is 3. The highest BCUT2D eigenvalue weighted by atomic mass is 19.1. The minimum absolute atomic E-state index is 0.0571. The van der Waals surface area contributed by atoms with Gasteiger partial charge >= 0.3 is 12.1 Å². The van der Waals surface area contributed by atoms with E-state index in [9.17, 15) is 24.1 Å². The third kappa shape index (κ3) is 4.46. The number of likely N-dealkylation sites (tertiary alicyclic amines) is 2. The van der Waals surface area contributed by atoms with E-state index < -0.39 is 11.0 Å². The molecule has 2 saturated heterocycles. The summed E-state index contributed by atoms with van der Waals surface area (Å²) in [4.78, 5) is 39.4. The number of nitro groups is 1. The molecule has 2 aliphatic heterocycles. The smallest absolute Gasteiger partial charge is 0.410 e. The summed E-state index contributed by atoms with van der Waals surface area (Å²) in [7, 11) is 0. The number of carbonyl (C=O) groups is 2. The van der Waals surface area contributed by atoms with Crippen LogP contribution in [0.15, 0.2) is 42.5 Å².